The molecule has 1 fully saturated rings. The Kier molecular flexibility index (Phi) is 4.39. The first-order chi connectivity index (χ1) is 6.67. The second-order valence-electron chi connectivity index (χ2n) is 4.87. The van der Waals surface area contributed by atoms with E-state index < -0.39 is 0 Å². The van der Waals surface area contributed by atoms with Crippen molar-refractivity contribution in [3.63, 3.8) is 0 Å². The predicted octanol–water partition coefficient (Wildman–Crippen LogP) is 2.17. The molecule has 84 valence electrons. The van der Waals surface area contributed by atoms with Gasteiger partial charge in [-0.1, -0.05) is 13.8 Å². The lowest BCUT2D eigenvalue weighted by atomic mass is 9.83. The summed E-state index contributed by atoms with van der Waals surface area (Å²) in [6.45, 7) is 7.88. The van der Waals surface area contributed by atoms with Crippen molar-refractivity contribution in [3.8, 4) is 0 Å². The van der Waals surface area contributed by atoms with Crippen molar-refractivity contribution < 1.29 is 5.11 Å². The topological polar surface area (TPSA) is 32.3 Å². The first kappa shape index (κ1) is 12.0. The van der Waals surface area contributed by atoms with Crippen molar-refractivity contribution >= 4 is 0 Å². The van der Waals surface area contributed by atoms with E-state index in [2.05, 4.69) is 26.1 Å². The lowest BCUT2D eigenvalue weighted by molar-refractivity contribution is 0.109. The van der Waals surface area contributed by atoms with Crippen LogP contribution in [0.5, 0.6) is 0 Å². The molecule has 2 heteroatoms. The number of nitrogens with one attached hydrogen (secondary N) is 1. The molecule has 1 atom stereocenters. The number of aliphatic hydroxyl groups excluding tert-OH is 1. The highest BCUT2D eigenvalue weighted by atomic mass is 16.3. The summed E-state index contributed by atoms with van der Waals surface area (Å²) < 4.78 is 0. The van der Waals surface area contributed by atoms with Crippen molar-refractivity contribution in [2.75, 3.05) is 13.2 Å². The summed E-state index contributed by atoms with van der Waals surface area (Å²) in [5, 5.41) is 13.0. The molecule has 1 saturated carbocycles. The molecule has 0 spiro atoms. The molecule has 1 aliphatic carbocycles. The van der Waals surface area contributed by atoms with Crippen molar-refractivity contribution in [2.45, 2.75) is 52.5 Å². The summed E-state index contributed by atoms with van der Waals surface area (Å²) in [5.74, 6) is 0.903. The summed E-state index contributed by atoms with van der Waals surface area (Å²) >= 11 is 0. The maximum absolute atomic E-state index is 9.40. The molecular formula is C12H25NO. The Labute approximate surface area is 88.1 Å². The van der Waals surface area contributed by atoms with E-state index in [4.69, 9.17) is 0 Å². The van der Waals surface area contributed by atoms with Crippen LogP contribution in [0.2, 0.25) is 0 Å². The summed E-state index contributed by atoms with van der Waals surface area (Å²) in [6.07, 6.45) is 4.89. The standard InChI is InChI=1S/C12H25NO/c1-4-12(5-2,9-14)8-13-10(3)11-6-7-11/h10-11,13-14H,4-9H2,1-3H3. The zero-order chi connectivity index (χ0) is 10.6. The van der Waals surface area contributed by atoms with E-state index in [1.165, 1.54) is 12.8 Å². The molecule has 1 rings (SSSR count). The van der Waals surface area contributed by atoms with E-state index >= 15 is 0 Å². The van der Waals surface area contributed by atoms with Gasteiger partial charge in [-0.2, -0.15) is 0 Å². The van der Waals surface area contributed by atoms with Gasteiger partial charge in [-0.3, -0.25) is 0 Å². The SMILES string of the molecule is CCC(CC)(CO)CNC(C)C1CC1. The molecule has 2 N–H and O–H groups in total. The van der Waals surface area contributed by atoms with Gasteiger partial charge in [-0.25, -0.2) is 0 Å². The third-order valence-electron chi connectivity index (χ3n) is 3.96. The number of aliphatic hydroxyl groups is 1. The Hall–Kier alpha value is -0.0800. The summed E-state index contributed by atoms with van der Waals surface area (Å²) in [7, 11) is 0. The minimum atomic E-state index is 0.114. The summed E-state index contributed by atoms with van der Waals surface area (Å²) in [4.78, 5) is 0. The van der Waals surface area contributed by atoms with Crippen LogP contribution < -0.4 is 5.32 Å². The molecule has 2 nitrogen and oxygen atoms in total. The minimum Gasteiger partial charge on any atom is -0.396 e. The van der Waals surface area contributed by atoms with E-state index in [1.807, 2.05) is 0 Å². The van der Waals surface area contributed by atoms with Crippen LogP contribution in [-0.4, -0.2) is 24.3 Å². The molecular weight excluding hydrogens is 174 g/mol. The number of hydrogen-bond donors (Lipinski definition) is 2. The van der Waals surface area contributed by atoms with Crippen LogP contribution in [-0.2, 0) is 0 Å². The van der Waals surface area contributed by atoms with Gasteiger partial charge < -0.3 is 10.4 Å². The molecule has 0 amide bonds. The van der Waals surface area contributed by atoms with Crippen LogP contribution in [0.25, 0.3) is 0 Å². The zero-order valence-corrected chi connectivity index (χ0v) is 9.84. The van der Waals surface area contributed by atoms with Crippen LogP contribution in [0.15, 0.2) is 0 Å². The normalized spacial score (nSPS) is 19.7. The van der Waals surface area contributed by atoms with Gasteiger partial charge in [0.05, 0.1) is 0 Å². The average Bonchev–Trinajstić information content (AvgIpc) is 3.04. The van der Waals surface area contributed by atoms with Gasteiger partial charge in [0, 0.05) is 24.6 Å². The fraction of sp³-hybridized carbons (Fsp3) is 1.00. The molecule has 0 aromatic heterocycles. The second-order valence-corrected chi connectivity index (χ2v) is 4.87. The smallest absolute Gasteiger partial charge is 0.0499 e. The van der Waals surface area contributed by atoms with Crippen LogP contribution in [0.1, 0.15) is 46.5 Å². The Morgan fingerprint density at radius 3 is 2.29 bits per heavy atom. The Morgan fingerprint density at radius 1 is 1.36 bits per heavy atom. The van der Waals surface area contributed by atoms with Crippen molar-refractivity contribution in [2.24, 2.45) is 11.3 Å². The predicted molar refractivity (Wildman–Crippen MR) is 60.3 cm³/mol. The van der Waals surface area contributed by atoms with E-state index in [0.717, 1.165) is 25.3 Å². The average molecular weight is 199 g/mol. The first-order valence-corrected chi connectivity index (χ1v) is 6.01. The molecule has 1 unspecified atom stereocenters. The lowest BCUT2D eigenvalue weighted by Gasteiger charge is -2.31. The Morgan fingerprint density at radius 2 is 1.93 bits per heavy atom. The molecule has 0 aromatic rings. The van der Waals surface area contributed by atoms with Gasteiger partial charge >= 0.3 is 0 Å². The molecule has 0 bridgehead atoms. The van der Waals surface area contributed by atoms with Gasteiger partial charge in [-0.05, 0) is 38.5 Å². The molecule has 14 heavy (non-hydrogen) atoms. The third kappa shape index (κ3) is 2.96. The fourth-order valence-electron chi connectivity index (χ4n) is 1.92. The minimum absolute atomic E-state index is 0.114. The van der Waals surface area contributed by atoms with Gasteiger partial charge in [0.25, 0.3) is 0 Å². The zero-order valence-electron chi connectivity index (χ0n) is 9.84. The van der Waals surface area contributed by atoms with Gasteiger partial charge in [0.15, 0.2) is 0 Å². The Bertz CT molecular complexity index is 153. The molecule has 0 heterocycles. The van der Waals surface area contributed by atoms with E-state index in [1.54, 1.807) is 0 Å². The molecule has 0 radical (unpaired) electrons. The third-order valence-corrected chi connectivity index (χ3v) is 3.96. The highest BCUT2D eigenvalue weighted by Gasteiger charge is 2.30. The molecule has 0 aliphatic heterocycles. The highest BCUT2D eigenvalue weighted by Crippen LogP contribution is 2.33. The van der Waals surface area contributed by atoms with Crippen molar-refractivity contribution in [3.05, 3.63) is 0 Å². The quantitative estimate of drug-likeness (QED) is 0.658. The molecule has 0 saturated heterocycles. The second kappa shape index (κ2) is 5.13. The van der Waals surface area contributed by atoms with Gasteiger partial charge in [-0.15, -0.1) is 0 Å². The Balaban J connectivity index is 2.31. The largest absolute Gasteiger partial charge is 0.396 e. The highest BCUT2D eigenvalue weighted by molar-refractivity contribution is 4.86. The van der Waals surface area contributed by atoms with Crippen LogP contribution in [0.4, 0.5) is 0 Å². The molecule has 0 aromatic carbocycles. The van der Waals surface area contributed by atoms with Gasteiger partial charge in [0.2, 0.25) is 0 Å². The summed E-state index contributed by atoms with van der Waals surface area (Å²) in [5.41, 5.74) is 0.114. The lowest BCUT2D eigenvalue weighted by Crippen LogP contribution is -2.41. The van der Waals surface area contributed by atoms with E-state index in [9.17, 15) is 5.11 Å². The van der Waals surface area contributed by atoms with E-state index in [0.29, 0.717) is 12.6 Å². The van der Waals surface area contributed by atoms with Crippen molar-refractivity contribution in [1.82, 2.24) is 5.32 Å². The maximum atomic E-state index is 9.40. The monoisotopic (exact) mass is 199 g/mol. The van der Waals surface area contributed by atoms with E-state index in [-0.39, 0.29) is 5.41 Å². The number of hydrogen-bond acceptors (Lipinski definition) is 2. The molecule has 1 aliphatic rings. The fourth-order valence-corrected chi connectivity index (χ4v) is 1.92. The van der Waals surface area contributed by atoms with Crippen LogP contribution in [0, 0.1) is 11.3 Å². The van der Waals surface area contributed by atoms with Crippen molar-refractivity contribution in [1.29, 1.82) is 0 Å². The van der Waals surface area contributed by atoms with Crippen LogP contribution >= 0.6 is 0 Å². The first-order valence-electron chi connectivity index (χ1n) is 6.01. The van der Waals surface area contributed by atoms with Gasteiger partial charge in [0.1, 0.15) is 0 Å². The van der Waals surface area contributed by atoms with Crippen LogP contribution in [0.3, 0.4) is 0 Å². The number of rotatable bonds is 7. The maximum Gasteiger partial charge on any atom is 0.0499 e. The summed E-state index contributed by atoms with van der Waals surface area (Å²) in [6, 6.07) is 0.638.